The van der Waals surface area contributed by atoms with E-state index < -0.39 is 21.8 Å². The number of nitrogens with zero attached hydrogens (tertiary/aromatic N) is 1. The van der Waals surface area contributed by atoms with Gasteiger partial charge in [-0.05, 0) is 45.6 Å². The van der Waals surface area contributed by atoms with Crippen LogP contribution in [0, 0.1) is 0 Å². The van der Waals surface area contributed by atoms with Crippen molar-refractivity contribution in [3.8, 4) is 0 Å². The zero-order valence-corrected chi connectivity index (χ0v) is 11.7. The normalized spacial score (nSPS) is 11.9. The Kier molecular flexibility index (Phi) is 5.52. The predicted molar refractivity (Wildman–Crippen MR) is 68.6 cm³/mol. The lowest BCUT2D eigenvalue weighted by Gasteiger charge is -2.09. The highest BCUT2D eigenvalue weighted by Gasteiger charge is 2.20. The average molecular weight is 290 g/mol. The molecule has 0 saturated carbocycles. The second-order valence-corrected chi connectivity index (χ2v) is 6.03. The Balaban J connectivity index is 2.49. The fraction of sp³-hybridized carbons (Fsp3) is 0.545. The van der Waals surface area contributed by atoms with Crippen LogP contribution in [0.1, 0.15) is 23.4 Å². The summed E-state index contributed by atoms with van der Waals surface area (Å²) in [4.78, 5) is 12.6. The summed E-state index contributed by atoms with van der Waals surface area (Å²) in [6.07, 6.45) is 1.57. The molecule has 2 N–H and O–H groups in total. The minimum atomic E-state index is -3.77. The molecule has 0 spiro atoms. The summed E-state index contributed by atoms with van der Waals surface area (Å²) in [6.45, 7) is 1.17. The molecular weight excluding hydrogens is 272 g/mol. The molecule has 0 fully saturated rings. The van der Waals surface area contributed by atoms with Gasteiger partial charge in [0.2, 0.25) is 10.9 Å². The number of hydrogen-bond donors (Lipinski definition) is 2. The van der Waals surface area contributed by atoms with Crippen LogP contribution in [-0.2, 0) is 10.0 Å². The quantitative estimate of drug-likeness (QED) is 0.680. The molecule has 1 rings (SSSR count). The van der Waals surface area contributed by atoms with E-state index in [4.69, 9.17) is 9.52 Å². The Hall–Kier alpha value is -1.38. The standard InChI is InChI=1S/C11H18N2O5S/c1-13(2)8-4-3-7-12-19(16,17)10-6-5-9(18-10)11(14)15/h5-6,12H,3-4,7-8H2,1-2H3,(H,14,15). The Labute approximate surface area is 112 Å². The van der Waals surface area contributed by atoms with E-state index in [-0.39, 0.29) is 5.09 Å². The van der Waals surface area contributed by atoms with Gasteiger partial charge in [0.05, 0.1) is 0 Å². The summed E-state index contributed by atoms with van der Waals surface area (Å²) >= 11 is 0. The molecule has 108 valence electrons. The van der Waals surface area contributed by atoms with Crippen molar-refractivity contribution in [1.82, 2.24) is 9.62 Å². The molecule has 0 bridgehead atoms. The maximum absolute atomic E-state index is 11.8. The SMILES string of the molecule is CN(C)CCCCNS(=O)(=O)c1ccc(C(=O)O)o1. The van der Waals surface area contributed by atoms with Crippen LogP contribution in [0.15, 0.2) is 21.6 Å². The van der Waals surface area contributed by atoms with Crippen molar-refractivity contribution in [2.75, 3.05) is 27.2 Å². The van der Waals surface area contributed by atoms with Crippen LogP contribution in [0.4, 0.5) is 0 Å². The minimum Gasteiger partial charge on any atom is -0.475 e. The van der Waals surface area contributed by atoms with E-state index in [1.807, 2.05) is 19.0 Å². The summed E-state index contributed by atoms with van der Waals surface area (Å²) in [5, 5.41) is 8.27. The third-order valence-electron chi connectivity index (χ3n) is 2.38. The predicted octanol–water partition coefficient (Wildman–Crippen LogP) is 0.598. The molecule has 0 aliphatic carbocycles. The van der Waals surface area contributed by atoms with Crippen LogP contribution in [0.25, 0.3) is 0 Å². The van der Waals surface area contributed by atoms with Crippen molar-refractivity contribution in [2.24, 2.45) is 0 Å². The molecule has 0 aliphatic rings. The number of unbranched alkanes of at least 4 members (excludes halogenated alkanes) is 1. The number of hydrogen-bond acceptors (Lipinski definition) is 5. The van der Waals surface area contributed by atoms with Gasteiger partial charge in [0.1, 0.15) is 0 Å². The number of carbonyl (C=O) groups is 1. The molecule has 1 aromatic rings. The lowest BCUT2D eigenvalue weighted by molar-refractivity contribution is 0.0656. The smallest absolute Gasteiger partial charge is 0.371 e. The van der Waals surface area contributed by atoms with Gasteiger partial charge in [-0.1, -0.05) is 0 Å². The van der Waals surface area contributed by atoms with Crippen LogP contribution in [0.5, 0.6) is 0 Å². The summed E-state index contributed by atoms with van der Waals surface area (Å²) in [7, 11) is 0.122. The first-order valence-electron chi connectivity index (χ1n) is 5.80. The lowest BCUT2D eigenvalue weighted by Crippen LogP contribution is -2.25. The van der Waals surface area contributed by atoms with Crippen molar-refractivity contribution < 1.29 is 22.7 Å². The minimum absolute atomic E-state index is 0.291. The van der Waals surface area contributed by atoms with E-state index in [1.54, 1.807) is 0 Å². The van der Waals surface area contributed by atoms with E-state index >= 15 is 0 Å². The third-order valence-corrected chi connectivity index (χ3v) is 3.71. The second kappa shape index (κ2) is 6.69. The average Bonchev–Trinajstić information content (AvgIpc) is 2.77. The van der Waals surface area contributed by atoms with Gasteiger partial charge >= 0.3 is 5.97 Å². The van der Waals surface area contributed by atoms with Gasteiger partial charge in [-0.2, -0.15) is 0 Å². The molecule has 0 radical (unpaired) electrons. The van der Waals surface area contributed by atoms with Gasteiger partial charge in [0, 0.05) is 6.54 Å². The number of furan rings is 1. The van der Waals surface area contributed by atoms with Gasteiger partial charge in [-0.15, -0.1) is 0 Å². The first-order chi connectivity index (χ1) is 8.83. The molecule has 0 aromatic carbocycles. The molecule has 1 heterocycles. The van der Waals surface area contributed by atoms with Gasteiger partial charge in [0.25, 0.3) is 10.0 Å². The number of sulfonamides is 1. The molecule has 19 heavy (non-hydrogen) atoms. The molecule has 0 unspecified atom stereocenters. The maximum atomic E-state index is 11.8. The number of rotatable bonds is 8. The Morgan fingerprint density at radius 1 is 1.37 bits per heavy atom. The topological polar surface area (TPSA) is 99.9 Å². The highest BCUT2D eigenvalue weighted by Crippen LogP contribution is 2.13. The summed E-state index contributed by atoms with van der Waals surface area (Å²) < 4.78 is 30.6. The van der Waals surface area contributed by atoms with Crippen LogP contribution in [0.2, 0.25) is 0 Å². The highest BCUT2D eigenvalue weighted by molar-refractivity contribution is 7.89. The van der Waals surface area contributed by atoms with E-state index in [1.165, 1.54) is 0 Å². The molecular formula is C11H18N2O5S. The van der Waals surface area contributed by atoms with Crippen LogP contribution in [-0.4, -0.2) is 51.6 Å². The first-order valence-corrected chi connectivity index (χ1v) is 7.29. The van der Waals surface area contributed by atoms with Crippen LogP contribution < -0.4 is 4.72 Å². The number of nitrogens with one attached hydrogen (secondary N) is 1. The number of aromatic carboxylic acids is 1. The molecule has 1 aromatic heterocycles. The molecule has 7 nitrogen and oxygen atoms in total. The first kappa shape index (κ1) is 15.7. The van der Waals surface area contributed by atoms with Gasteiger partial charge < -0.3 is 14.4 Å². The molecule has 8 heteroatoms. The maximum Gasteiger partial charge on any atom is 0.371 e. The fourth-order valence-corrected chi connectivity index (χ4v) is 2.41. The summed E-state index contributed by atoms with van der Waals surface area (Å²) in [5.41, 5.74) is 0. The van der Waals surface area contributed by atoms with Crippen LogP contribution in [0.3, 0.4) is 0 Å². The molecule has 0 aliphatic heterocycles. The summed E-state index contributed by atoms with van der Waals surface area (Å²) in [6, 6.07) is 2.24. The van der Waals surface area contributed by atoms with E-state index in [0.29, 0.717) is 13.0 Å². The Bertz CT molecular complexity index is 521. The van der Waals surface area contributed by atoms with Crippen LogP contribution >= 0.6 is 0 Å². The largest absolute Gasteiger partial charge is 0.475 e. The number of carboxylic acids is 1. The van der Waals surface area contributed by atoms with Gasteiger partial charge in [0.15, 0.2) is 0 Å². The van der Waals surface area contributed by atoms with Gasteiger partial charge in [-0.25, -0.2) is 17.9 Å². The van der Waals surface area contributed by atoms with Crippen molar-refractivity contribution in [1.29, 1.82) is 0 Å². The monoisotopic (exact) mass is 290 g/mol. The zero-order valence-electron chi connectivity index (χ0n) is 10.9. The third kappa shape index (κ3) is 5.01. The highest BCUT2D eigenvalue weighted by atomic mass is 32.2. The van der Waals surface area contributed by atoms with Gasteiger partial charge in [-0.3, -0.25) is 0 Å². The molecule has 0 amide bonds. The van der Waals surface area contributed by atoms with E-state index in [9.17, 15) is 13.2 Å². The van der Waals surface area contributed by atoms with Crippen molar-refractivity contribution >= 4 is 16.0 Å². The van der Waals surface area contributed by atoms with Crippen molar-refractivity contribution in [3.05, 3.63) is 17.9 Å². The Morgan fingerprint density at radius 3 is 2.58 bits per heavy atom. The molecule has 0 saturated heterocycles. The van der Waals surface area contributed by atoms with E-state index in [2.05, 4.69) is 4.72 Å². The lowest BCUT2D eigenvalue weighted by atomic mass is 10.3. The second-order valence-electron chi connectivity index (χ2n) is 4.33. The Morgan fingerprint density at radius 2 is 2.05 bits per heavy atom. The number of carboxylic acid groups (broad SMARTS) is 1. The van der Waals surface area contributed by atoms with Crippen molar-refractivity contribution in [3.63, 3.8) is 0 Å². The fourth-order valence-electron chi connectivity index (χ4n) is 1.41. The zero-order chi connectivity index (χ0) is 14.5. The van der Waals surface area contributed by atoms with Crippen molar-refractivity contribution in [2.45, 2.75) is 17.9 Å². The van der Waals surface area contributed by atoms with E-state index in [0.717, 1.165) is 25.1 Å². The summed E-state index contributed by atoms with van der Waals surface area (Å²) in [5.74, 6) is -1.69. The molecule has 0 atom stereocenters.